The van der Waals surface area contributed by atoms with Crippen molar-refractivity contribution in [3.8, 4) is 0 Å². The van der Waals surface area contributed by atoms with Crippen LogP contribution in [0.25, 0.3) is 0 Å². The standard InChI is InChI=1S/C14H19.2C7H12O2.CH3O.Ti/c1-10-11-6-2-4-8-13(11)14-9-5-3-7-12(10)14;2*8-7(9)6-4-2-1-3-5-6;1-2;/h6,10H,2-5,7-9H2,1H3;2*6H,1-5H2,(H,8,9);1H3;/q;;;-1;+3/p-2. The Kier molecular flexibility index (Phi) is 10.1. The van der Waals surface area contributed by atoms with Crippen LogP contribution in [0, 0.1) is 17.8 Å². The molecule has 0 radical (unpaired) electrons. The van der Waals surface area contributed by atoms with Crippen LogP contribution in [0.4, 0.5) is 0 Å². The van der Waals surface area contributed by atoms with Crippen molar-refractivity contribution in [1.29, 1.82) is 0 Å². The summed E-state index contributed by atoms with van der Waals surface area (Å²) in [6.45, 7) is 2.36. The molecule has 0 heterocycles. The summed E-state index contributed by atoms with van der Waals surface area (Å²) in [4.78, 5) is 26.5. The van der Waals surface area contributed by atoms with Crippen molar-refractivity contribution in [3.63, 3.8) is 0 Å². The Morgan fingerprint density at radius 1 is 0.686 bits per heavy atom. The molecule has 0 saturated heterocycles. The molecule has 6 heteroatoms. The van der Waals surface area contributed by atoms with E-state index in [9.17, 15) is 9.59 Å². The molecule has 5 aliphatic rings. The molecule has 5 aliphatic carbocycles. The minimum atomic E-state index is -2.88. The Morgan fingerprint density at radius 3 is 1.77 bits per heavy atom. The molecule has 2 saturated carbocycles. The van der Waals surface area contributed by atoms with Crippen molar-refractivity contribution < 1.29 is 40.0 Å². The molecule has 0 aliphatic heterocycles. The maximum atomic E-state index is 13.2. The molecule has 0 amide bonds. The molecule has 0 aromatic rings. The zero-order valence-electron chi connectivity index (χ0n) is 21.9. The molecule has 0 aromatic carbocycles. The Hall–Kier alpha value is -0.906. The summed E-state index contributed by atoms with van der Waals surface area (Å²) in [6.07, 6.45) is 19.0. The van der Waals surface area contributed by atoms with E-state index in [-0.39, 0.29) is 28.0 Å². The van der Waals surface area contributed by atoms with Crippen LogP contribution < -0.4 is 5.11 Å². The fraction of sp³-hybridized carbons (Fsp3) is 0.793. The molecule has 5 rings (SSSR count). The molecule has 2 fully saturated rings. The second-order valence-electron chi connectivity index (χ2n) is 11.1. The minimum absolute atomic E-state index is 0.0130. The predicted octanol–water partition coefficient (Wildman–Crippen LogP) is 6.45. The summed E-state index contributed by atoms with van der Waals surface area (Å²) < 4.78 is 12.9. The number of rotatable bonds is 5. The second kappa shape index (κ2) is 13.1. The molecular weight excluding hydrogens is 476 g/mol. The summed E-state index contributed by atoms with van der Waals surface area (Å²) >= 11 is -2.88. The van der Waals surface area contributed by atoms with Gasteiger partial charge in [0.25, 0.3) is 0 Å². The van der Waals surface area contributed by atoms with Crippen LogP contribution >= 0.6 is 0 Å². The van der Waals surface area contributed by atoms with Gasteiger partial charge in [-0.1, -0.05) is 0 Å². The maximum Gasteiger partial charge on any atom is -0.153 e. The number of carbonyl (C=O) groups excluding carboxylic acids is 2. The number of hydrogen-bond donors (Lipinski definition) is 0. The predicted molar refractivity (Wildman–Crippen MR) is 131 cm³/mol. The molecule has 194 valence electrons. The molecule has 35 heavy (non-hydrogen) atoms. The number of allylic oxidation sites excluding steroid dienone is 4. The van der Waals surface area contributed by atoms with Gasteiger partial charge in [-0.05, 0) is 0 Å². The fourth-order valence-electron chi connectivity index (χ4n) is 7.27. The average Bonchev–Trinajstić information content (AvgIpc) is 3.22. The van der Waals surface area contributed by atoms with Gasteiger partial charge in [-0.25, -0.2) is 0 Å². The van der Waals surface area contributed by atoms with Crippen LogP contribution in [0.1, 0.15) is 116 Å². The van der Waals surface area contributed by atoms with Crippen molar-refractivity contribution in [2.75, 3.05) is 7.11 Å². The van der Waals surface area contributed by atoms with E-state index in [1.807, 2.05) is 0 Å². The fourth-order valence-corrected chi connectivity index (χ4v) is 10.7. The van der Waals surface area contributed by atoms with Gasteiger partial charge < -0.3 is 5.11 Å². The van der Waals surface area contributed by atoms with E-state index in [1.165, 1.54) is 44.1 Å². The van der Waals surface area contributed by atoms with Crippen molar-refractivity contribution >= 4 is 11.9 Å². The Bertz CT molecular complexity index is 787. The number of hydrogen-bond acceptors (Lipinski definition) is 5. The molecule has 0 spiro atoms. The van der Waals surface area contributed by atoms with Gasteiger partial charge in [0.2, 0.25) is 0 Å². The summed E-state index contributed by atoms with van der Waals surface area (Å²) in [7, 11) is 0.750. The molecule has 0 aromatic heterocycles. The normalized spacial score (nSPS) is 27.4. The summed E-state index contributed by atoms with van der Waals surface area (Å²) in [6, 6.07) is 0. The summed E-state index contributed by atoms with van der Waals surface area (Å²) in [5.74, 6) is 0.359. The number of carbonyl (C=O) groups is 2. The first-order valence-electron chi connectivity index (χ1n) is 14.3. The van der Waals surface area contributed by atoms with Crippen LogP contribution in [-0.2, 0) is 34.9 Å². The van der Waals surface area contributed by atoms with Gasteiger partial charge >= 0.3 is 207 Å². The first kappa shape index (κ1) is 27.1. The van der Waals surface area contributed by atoms with Gasteiger partial charge in [0.05, 0.1) is 0 Å². The van der Waals surface area contributed by atoms with Crippen LogP contribution in [-0.4, -0.2) is 19.0 Å². The Labute approximate surface area is 218 Å². The smallest absolute Gasteiger partial charge is 0.153 e. The average molecular weight is 521 g/mol. The molecule has 2 atom stereocenters. The summed E-state index contributed by atoms with van der Waals surface area (Å²) in [5, 5.41) is 8.25. The Morgan fingerprint density at radius 2 is 1.20 bits per heavy atom. The van der Waals surface area contributed by atoms with Crippen molar-refractivity contribution in [2.24, 2.45) is 17.8 Å². The van der Waals surface area contributed by atoms with Gasteiger partial charge in [-0.3, -0.25) is 0 Å². The topological polar surface area (TPSA) is 75.7 Å². The van der Waals surface area contributed by atoms with Crippen LogP contribution in [0.2, 0.25) is 4.22 Å². The molecule has 0 bridgehead atoms. The summed E-state index contributed by atoms with van der Waals surface area (Å²) in [5.41, 5.74) is 6.35. The van der Waals surface area contributed by atoms with Crippen molar-refractivity contribution in [2.45, 2.75) is 120 Å². The van der Waals surface area contributed by atoms with Gasteiger partial charge in [0, 0.05) is 0 Å². The third kappa shape index (κ3) is 6.16. The van der Waals surface area contributed by atoms with Gasteiger partial charge in [0.15, 0.2) is 0 Å². The molecule has 0 N–H and O–H groups in total. The van der Waals surface area contributed by atoms with Crippen molar-refractivity contribution in [3.05, 3.63) is 22.3 Å². The largest absolute Gasteiger partial charge is 0.857 e. The third-order valence-corrected chi connectivity index (χ3v) is 12.2. The van der Waals surface area contributed by atoms with Gasteiger partial charge in [0.1, 0.15) is 0 Å². The van der Waals surface area contributed by atoms with E-state index >= 15 is 0 Å². The first-order valence-corrected chi connectivity index (χ1v) is 16.5. The Balaban J connectivity index is 0.00000141. The van der Waals surface area contributed by atoms with Crippen LogP contribution in [0.15, 0.2) is 22.3 Å². The van der Waals surface area contributed by atoms with E-state index in [2.05, 4.69) is 6.92 Å². The van der Waals surface area contributed by atoms with E-state index in [1.54, 1.807) is 16.7 Å². The molecular formula is C29H44O5Ti. The van der Waals surface area contributed by atoms with E-state index < -0.39 is 18.6 Å². The quantitative estimate of drug-likeness (QED) is 0.390. The van der Waals surface area contributed by atoms with E-state index in [0.29, 0.717) is 5.92 Å². The second-order valence-corrected chi connectivity index (χ2v) is 13.9. The minimum Gasteiger partial charge on any atom is -0.857 e. The first-order chi connectivity index (χ1) is 17.1. The van der Waals surface area contributed by atoms with Gasteiger partial charge in [-0.15, -0.1) is 0 Å². The number of fused-ring (bicyclic) bond motifs is 1. The third-order valence-electron chi connectivity index (χ3n) is 9.07. The SMILES string of the molecule is CC1C2=C(CCCC2)C2=C1[CH]([Ti+]([O]C(=O)C1CCCCC1)[O]C(=O)C1CCCCC1)CCC2.C[O-]. The zero-order chi connectivity index (χ0) is 24.8. The van der Waals surface area contributed by atoms with Gasteiger partial charge in [-0.2, -0.15) is 7.11 Å². The monoisotopic (exact) mass is 520 g/mol. The van der Waals surface area contributed by atoms with Crippen LogP contribution in [0.5, 0.6) is 0 Å². The van der Waals surface area contributed by atoms with Crippen molar-refractivity contribution in [1.82, 2.24) is 0 Å². The maximum absolute atomic E-state index is 13.2. The van der Waals surface area contributed by atoms with Crippen LogP contribution in [0.3, 0.4) is 0 Å². The molecule has 5 nitrogen and oxygen atoms in total. The molecule has 2 unspecified atom stereocenters. The van der Waals surface area contributed by atoms with E-state index in [0.717, 1.165) is 77.7 Å². The zero-order valence-corrected chi connectivity index (χ0v) is 23.4. The van der Waals surface area contributed by atoms with E-state index in [4.69, 9.17) is 11.7 Å².